The molecule has 1 fully saturated rings. The number of ketones is 3. The smallest absolute Gasteiger partial charge is 0.278 e. The molecule has 2 N–H and O–H groups in total. The van der Waals surface area contributed by atoms with Crippen molar-refractivity contribution < 1.29 is 38.2 Å². The van der Waals surface area contributed by atoms with Gasteiger partial charge in [0.15, 0.2) is 28.8 Å². The number of nitro groups is 1. The van der Waals surface area contributed by atoms with Gasteiger partial charge in [0.2, 0.25) is 11.6 Å². The van der Waals surface area contributed by atoms with E-state index in [4.69, 9.17) is 9.47 Å². The second-order valence-corrected chi connectivity index (χ2v) is 24.3. The first-order valence-corrected chi connectivity index (χ1v) is 30.0. The van der Waals surface area contributed by atoms with Crippen LogP contribution in [0.1, 0.15) is 128 Å². The number of nitrogens with one attached hydrogen (secondary N) is 2. The van der Waals surface area contributed by atoms with Crippen LogP contribution in [0.15, 0.2) is 125 Å². The van der Waals surface area contributed by atoms with Crippen molar-refractivity contribution in [3.8, 4) is 11.5 Å². The summed E-state index contributed by atoms with van der Waals surface area (Å²) in [5.41, 5.74) is 8.21. The average Bonchev–Trinajstić information content (AvgIpc) is 4.28. The number of amides is 1. The number of nitrogens with zero attached hydrogens (tertiary/aromatic N) is 5. The molecule has 3 aromatic carbocycles. The van der Waals surface area contributed by atoms with Gasteiger partial charge in [0.1, 0.15) is 23.9 Å². The van der Waals surface area contributed by atoms with Crippen molar-refractivity contribution in [2.24, 2.45) is 0 Å². The Balaban J connectivity index is 0.831. The van der Waals surface area contributed by atoms with E-state index in [9.17, 15) is 29.3 Å². The number of rotatable bonds is 27. The van der Waals surface area contributed by atoms with Crippen molar-refractivity contribution in [2.45, 2.75) is 140 Å². The molecule has 1 aliphatic carbocycles. The van der Waals surface area contributed by atoms with Crippen LogP contribution in [0, 0.1) is 10.1 Å². The lowest BCUT2D eigenvalue weighted by Gasteiger charge is -2.37. The zero-order valence-corrected chi connectivity index (χ0v) is 48.8. The van der Waals surface area contributed by atoms with Crippen LogP contribution in [0.5, 0.6) is 11.5 Å². The summed E-state index contributed by atoms with van der Waals surface area (Å²) < 4.78 is 13.7. The van der Waals surface area contributed by atoms with Crippen LogP contribution in [0.3, 0.4) is 0 Å². The number of pyridine rings is 1. The van der Waals surface area contributed by atoms with Crippen molar-refractivity contribution in [2.75, 3.05) is 51.6 Å². The second-order valence-electron chi connectivity index (χ2n) is 21.9. The quantitative estimate of drug-likeness (QED) is 0.0144. The van der Waals surface area contributed by atoms with Crippen molar-refractivity contribution >= 4 is 67.6 Å². The zero-order valence-electron chi connectivity index (χ0n) is 47.2. The van der Waals surface area contributed by atoms with Gasteiger partial charge in [0, 0.05) is 97.5 Å². The number of para-hydroxylation sites is 2. The van der Waals surface area contributed by atoms with Gasteiger partial charge in [0.05, 0.1) is 53.0 Å². The summed E-state index contributed by atoms with van der Waals surface area (Å²) in [4.78, 5) is 76.1. The average molecular weight is 1110 g/mol. The van der Waals surface area contributed by atoms with E-state index in [1.165, 1.54) is 24.3 Å². The number of allylic oxidation sites excluding steroid dienone is 5. The largest absolute Gasteiger partial charge is 0.493 e. The lowest BCUT2D eigenvalue weighted by Crippen LogP contribution is -2.50. The van der Waals surface area contributed by atoms with Crippen molar-refractivity contribution in [1.82, 2.24) is 20.5 Å². The van der Waals surface area contributed by atoms with Crippen molar-refractivity contribution in [3.63, 3.8) is 0 Å². The van der Waals surface area contributed by atoms with Gasteiger partial charge in [-0.2, -0.15) is 4.58 Å². The third-order valence-corrected chi connectivity index (χ3v) is 18.3. The molecule has 3 atom stereocenters. The van der Waals surface area contributed by atoms with Gasteiger partial charge in [-0.05, 0) is 106 Å². The first-order chi connectivity index (χ1) is 37.9. The number of methoxy groups -OCH3 is 1. The highest BCUT2D eigenvalue weighted by molar-refractivity contribution is 8.76. The standard InChI is InChI=1S/C62H75N7O8S2/c1-10-47(52(71)29-13-11-12-22-41(70)23-21-34-77-54-39-51(69(74)75)42(36-53(54)76-9)40(2)63-32-35-78-79-57-30-18-19-31-64-57)65-60(73)50-28-20-33-68(50)58-43(37-55-61(3,4)45-24-14-16-26-48(45)66(55)7)59(72)44(58)38-56-62(5,6)46-25-15-17-27-49(46)67(56)8/h14-19,24-27,30-31,36-40,47,50,63H,10-13,20-23,28-29,32-35H2,1-9H3/p+1/t40?,47?,50-/m1/s1. The van der Waals surface area contributed by atoms with Crippen molar-refractivity contribution in [3.05, 3.63) is 147 Å². The van der Waals surface area contributed by atoms with Crippen molar-refractivity contribution in [1.29, 1.82) is 0 Å². The molecular weight excluding hydrogens is 1030 g/mol. The Morgan fingerprint density at radius 1 is 0.937 bits per heavy atom. The second kappa shape index (κ2) is 25.7. The monoisotopic (exact) mass is 1110 g/mol. The normalized spacial score (nSPS) is 18.9. The predicted molar refractivity (Wildman–Crippen MR) is 315 cm³/mol. The number of nitro benzene ring substituents is 1. The van der Waals surface area contributed by atoms with E-state index < -0.39 is 17.0 Å². The summed E-state index contributed by atoms with van der Waals surface area (Å²) in [6, 6.07) is 23.9. The maximum atomic E-state index is 14.7. The number of unbranched alkanes of at least 4 members (excludes halogenated alkanes) is 2. The number of anilines is 1. The molecule has 0 saturated carbocycles. The molecule has 0 radical (unpaired) electrons. The number of fused-ring (bicyclic) bond motifs is 2. The van der Waals surface area contributed by atoms with E-state index in [2.05, 4.69) is 82.0 Å². The Morgan fingerprint density at radius 3 is 2.37 bits per heavy atom. The highest BCUT2D eigenvalue weighted by atomic mass is 33.1. The third-order valence-electron chi connectivity index (χ3n) is 16.0. The molecule has 2 unspecified atom stereocenters. The minimum absolute atomic E-state index is 0.0401. The number of likely N-dealkylation sites (N-methyl/N-ethyl adjacent to an activating group) is 1. The van der Waals surface area contributed by atoms with Gasteiger partial charge in [-0.1, -0.05) is 80.5 Å². The Labute approximate surface area is 473 Å². The number of hydrogen-bond donors (Lipinski definition) is 2. The number of aromatic nitrogens is 1. The van der Waals surface area contributed by atoms with E-state index in [1.54, 1.807) is 33.9 Å². The van der Waals surface area contributed by atoms with Gasteiger partial charge in [-0.15, -0.1) is 0 Å². The molecule has 1 saturated heterocycles. The molecule has 3 aliphatic heterocycles. The minimum Gasteiger partial charge on any atom is -0.493 e. The Bertz CT molecular complexity index is 3100. The molecule has 4 heterocycles. The summed E-state index contributed by atoms with van der Waals surface area (Å²) >= 11 is 0. The molecule has 17 heteroatoms. The van der Waals surface area contributed by atoms with Gasteiger partial charge < -0.3 is 29.9 Å². The molecule has 0 spiro atoms. The highest BCUT2D eigenvalue weighted by Gasteiger charge is 2.49. The molecule has 8 rings (SSSR count). The van der Waals surface area contributed by atoms with E-state index in [0.717, 1.165) is 45.7 Å². The maximum absolute atomic E-state index is 14.7. The van der Waals surface area contributed by atoms with Gasteiger partial charge in [0.25, 0.3) is 5.69 Å². The lowest BCUT2D eigenvalue weighted by molar-refractivity contribution is -0.401. The highest BCUT2D eigenvalue weighted by Crippen LogP contribution is 2.50. The first kappa shape index (κ1) is 58.6. The molecule has 15 nitrogen and oxygen atoms in total. The third kappa shape index (κ3) is 12.7. The Hall–Kier alpha value is -6.56. The zero-order chi connectivity index (χ0) is 56.6. The number of likely N-dealkylation sites (tertiary alicyclic amines) is 1. The van der Waals surface area contributed by atoms with Gasteiger partial charge in [-0.25, -0.2) is 4.98 Å². The molecule has 4 aromatic rings. The first-order valence-electron chi connectivity index (χ1n) is 27.7. The Morgan fingerprint density at radius 2 is 1.66 bits per heavy atom. The van der Waals surface area contributed by atoms with Crippen LogP contribution < -0.4 is 25.0 Å². The summed E-state index contributed by atoms with van der Waals surface area (Å²) in [7, 11) is 8.81. The summed E-state index contributed by atoms with van der Waals surface area (Å²) in [6.07, 6.45) is 10.9. The molecular formula is C62H76N7O8S2+. The predicted octanol–water partition coefficient (Wildman–Crippen LogP) is 11.5. The van der Waals surface area contributed by atoms with Gasteiger partial charge >= 0.3 is 0 Å². The lowest BCUT2D eigenvalue weighted by atomic mass is 9.76. The van der Waals surface area contributed by atoms with Crippen LogP contribution >= 0.6 is 21.6 Å². The Kier molecular flexibility index (Phi) is 19.1. The van der Waals surface area contributed by atoms with Crippen LogP contribution in [0.25, 0.3) is 0 Å². The number of benzene rings is 3. The number of Topliss-reactive ketones (excluding diaryl/α,β-unsaturated/α-hetero) is 3. The molecule has 79 heavy (non-hydrogen) atoms. The molecule has 418 valence electrons. The van der Waals surface area contributed by atoms with Crippen LogP contribution in [-0.4, -0.2) is 107 Å². The summed E-state index contributed by atoms with van der Waals surface area (Å²) in [6.45, 7) is 13.9. The minimum atomic E-state index is -0.660. The fourth-order valence-corrected chi connectivity index (χ4v) is 13.4. The molecule has 4 aliphatic rings. The van der Waals surface area contributed by atoms with E-state index >= 15 is 0 Å². The number of carbonyl (C=O) groups excluding carboxylic acids is 4. The fourth-order valence-electron chi connectivity index (χ4n) is 11.6. The molecule has 1 aromatic heterocycles. The van der Waals surface area contributed by atoms with E-state index in [1.807, 2.05) is 82.6 Å². The molecule has 1 amide bonds. The maximum Gasteiger partial charge on any atom is 0.278 e. The van der Waals surface area contributed by atoms with Gasteiger partial charge in [-0.3, -0.25) is 29.3 Å². The number of ether oxygens (including phenoxy) is 2. The molecule has 0 bridgehead atoms. The van der Waals surface area contributed by atoms with Crippen LogP contribution in [0.4, 0.5) is 17.1 Å². The number of hydrogen-bond acceptors (Lipinski definition) is 14. The van der Waals surface area contributed by atoms with E-state index in [0.29, 0.717) is 80.5 Å². The summed E-state index contributed by atoms with van der Waals surface area (Å²) in [5, 5.41) is 19.6. The van der Waals surface area contributed by atoms with Crippen LogP contribution in [-0.2, 0) is 30.0 Å². The SMILES string of the molecule is CCC(NC(=O)[C@H]1CCCN1C1=C(C=C2N(C)c3ccccc3C2(C)C)C(=O)C1=CC1=[N+](C)c2ccccc2C1(C)C)C(=O)CCCCCC(=O)CCCOc1cc([N+](=O)[O-])c(C(C)NCCSSc2ccccn2)cc1OC. The summed E-state index contributed by atoms with van der Waals surface area (Å²) in [5.74, 6) is 1.15. The topological polar surface area (TPSA) is 176 Å². The van der Waals surface area contributed by atoms with Crippen LogP contribution in [0.2, 0.25) is 0 Å². The van der Waals surface area contributed by atoms with E-state index in [-0.39, 0.29) is 71.0 Å². The fraction of sp³-hybridized carbons (Fsp3) is 0.452. The number of carbonyl (C=O) groups is 4.